The van der Waals surface area contributed by atoms with Crippen LogP contribution in [0.1, 0.15) is 24.5 Å². The van der Waals surface area contributed by atoms with E-state index in [0.29, 0.717) is 34.1 Å². The Labute approximate surface area is 193 Å². The number of aryl methyl sites for hydroxylation is 1. The molecule has 0 unspecified atom stereocenters. The third kappa shape index (κ3) is 5.81. The standard InChI is InChI=1S/C24H25ClN2O4S/c1-4-23(31-19-12-8-16(2)9-13-19)24(28)26-18-10-14-20(15-11-18)32(29,30)27-22-7-5-6-21(25)17(22)3/h5-15,23,27H,4H2,1-3H3,(H,26,28)/t23-/m1/s1. The second kappa shape index (κ2) is 10.1. The monoisotopic (exact) mass is 472 g/mol. The van der Waals surface area contributed by atoms with Gasteiger partial charge in [0.05, 0.1) is 10.6 Å². The summed E-state index contributed by atoms with van der Waals surface area (Å²) in [7, 11) is -3.81. The predicted octanol–water partition coefficient (Wildman–Crippen LogP) is 5.55. The molecule has 1 amide bonds. The third-order valence-corrected chi connectivity index (χ3v) is 6.70. The summed E-state index contributed by atoms with van der Waals surface area (Å²) >= 11 is 6.07. The van der Waals surface area contributed by atoms with Gasteiger partial charge in [0.1, 0.15) is 5.75 Å². The van der Waals surface area contributed by atoms with Crippen LogP contribution in [0.15, 0.2) is 71.6 Å². The molecule has 1 atom stereocenters. The molecule has 0 aliphatic carbocycles. The second-order valence-corrected chi connectivity index (χ2v) is 9.45. The van der Waals surface area contributed by atoms with Crippen LogP contribution in [0, 0.1) is 13.8 Å². The summed E-state index contributed by atoms with van der Waals surface area (Å²) < 4.78 is 33.8. The van der Waals surface area contributed by atoms with Gasteiger partial charge in [0.25, 0.3) is 15.9 Å². The molecule has 168 valence electrons. The van der Waals surface area contributed by atoms with E-state index in [9.17, 15) is 13.2 Å². The van der Waals surface area contributed by atoms with Crippen molar-refractivity contribution in [2.75, 3.05) is 10.0 Å². The molecular weight excluding hydrogens is 448 g/mol. The summed E-state index contributed by atoms with van der Waals surface area (Å²) in [5, 5.41) is 3.25. The summed E-state index contributed by atoms with van der Waals surface area (Å²) in [6, 6.07) is 18.4. The molecule has 0 heterocycles. The molecular formula is C24H25ClN2O4S. The minimum Gasteiger partial charge on any atom is -0.481 e. The number of sulfonamides is 1. The number of hydrogen-bond donors (Lipinski definition) is 2. The van der Waals surface area contributed by atoms with Crippen molar-refractivity contribution < 1.29 is 17.9 Å². The quantitative estimate of drug-likeness (QED) is 0.450. The normalized spacial score (nSPS) is 12.1. The van der Waals surface area contributed by atoms with Gasteiger partial charge >= 0.3 is 0 Å². The number of carbonyl (C=O) groups is 1. The average Bonchev–Trinajstić information content (AvgIpc) is 2.76. The lowest BCUT2D eigenvalue weighted by Crippen LogP contribution is -2.32. The fraction of sp³-hybridized carbons (Fsp3) is 0.208. The van der Waals surface area contributed by atoms with Crippen molar-refractivity contribution in [3.05, 3.63) is 82.9 Å². The molecule has 0 bridgehead atoms. The average molecular weight is 473 g/mol. The molecule has 3 aromatic carbocycles. The largest absolute Gasteiger partial charge is 0.481 e. The summed E-state index contributed by atoms with van der Waals surface area (Å²) in [5.41, 5.74) is 2.62. The molecule has 0 aliphatic rings. The zero-order chi connectivity index (χ0) is 23.3. The molecule has 0 saturated carbocycles. The van der Waals surface area contributed by atoms with Crippen molar-refractivity contribution in [2.45, 2.75) is 38.2 Å². The molecule has 0 fully saturated rings. The first kappa shape index (κ1) is 23.6. The van der Waals surface area contributed by atoms with E-state index in [1.165, 1.54) is 24.3 Å². The van der Waals surface area contributed by atoms with E-state index in [1.54, 1.807) is 25.1 Å². The molecule has 3 aromatic rings. The molecule has 6 nitrogen and oxygen atoms in total. The zero-order valence-electron chi connectivity index (χ0n) is 18.1. The number of amides is 1. The van der Waals surface area contributed by atoms with Crippen molar-refractivity contribution in [2.24, 2.45) is 0 Å². The van der Waals surface area contributed by atoms with Crippen LogP contribution in [-0.4, -0.2) is 20.4 Å². The van der Waals surface area contributed by atoms with E-state index >= 15 is 0 Å². The Morgan fingerprint density at radius 2 is 1.66 bits per heavy atom. The Balaban J connectivity index is 1.68. The molecule has 0 aromatic heterocycles. The number of benzene rings is 3. The van der Waals surface area contributed by atoms with Gasteiger partial charge in [-0.05, 0) is 74.4 Å². The van der Waals surface area contributed by atoms with Crippen LogP contribution in [0.4, 0.5) is 11.4 Å². The van der Waals surface area contributed by atoms with Gasteiger partial charge in [-0.15, -0.1) is 0 Å². The van der Waals surface area contributed by atoms with Gasteiger partial charge in [0.2, 0.25) is 0 Å². The first-order chi connectivity index (χ1) is 15.2. The van der Waals surface area contributed by atoms with Gasteiger partial charge in [0.15, 0.2) is 6.10 Å². The molecule has 3 rings (SSSR count). The highest BCUT2D eigenvalue weighted by atomic mass is 35.5. The van der Waals surface area contributed by atoms with Crippen molar-refractivity contribution in [1.29, 1.82) is 0 Å². The Bertz CT molecular complexity index is 1190. The highest BCUT2D eigenvalue weighted by Crippen LogP contribution is 2.26. The topological polar surface area (TPSA) is 84.5 Å². The van der Waals surface area contributed by atoms with Crippen molar-refractivity contribution in [3.8, 4) is 5.75 Å². The van der Waals surface area contributed by atoms with E-state index in [0.717, 1.165) is 5.56 Å². The first-order valence-electron chi connectivity index (χ1n) is 10.1. The second-order valence-electron chi connectivity index (χ2n) is 7.36. The first-order valence-corrected chi connectivity index (χ1v) is 12.0. The highest BCUT2D eigenvalue weighted by molar-refractivity contribution is 7.92. The van der Waals surface area contributed by atoms with E-state index in [4.69, 9.17) is 16.3 Å². The van der Waals surface area contributed by atoms with E-state index in [1.807, 2.05) is 38.1 Å². The summed E-state index contributed by atoms with van der Waals surface area (Å²) in [4.78, 5) is 12.7. The molecule has 8 heteroatoms. The lowest BCUT2D eigenvalue weighted by molar-refractivity contribution is -0.122. The fourth-order valence-electron chi connectivity index (χ4n) is 2.97. The van der Waals surface area contributed by atoms with Crippen LogP contribution < -0.4 is 14.8 Å². The number of ether oxygens (including phenoxy) is 1. The van der Waals surface area contributed by atoms with Crippen LogP contribution in [0.5, 0.6) is 5.75 Å². The maximum atomic E-state index is 12.7. The zero-order valence-corrected chi connectivity index (χ0v) is 19.6. The SMILES string of the molecule is CC[C@@H](Oc1ccc(C)cc1)C(=O)Nc1ccc(S(=O)(=O)Nc2cccc(Cl)c2C)cc1. The molecule has 0 radical (unpaired) electrons. The number of hydrogen-bond acceptors (Lipinski definition) is 4. The maximum absolute atomic E-state index is 12.7. The molecule has 2 N–H and O–H groups in total. The summed E-state index contributed by atoms with van der Waals surface area (Å²) in [5.74, 6) is 0.304. The Morgan fingerprint density at radius 1 is 1.00 bits per heavy atom. The number of rotatable bonds is 8. The molecule has 0 saturated heterocycles. The number of halogens is 1. The van der Waals surface area contributed by atoms with Crippen LogP contribution in [-0.2, 0) is 14.8 Å². The van der Waals surface area contributed by atoms with E-state index in [-0.39, 0.29) is 10.8 Å². The highest BCUT2D eigenvalue weighted by Gasteiger charge is 2.20. The van der Waals surface area contributed by atoms with Crippen LogP contribution in [0.3, 0.4) is 0 Å². The third-order valence-electron chi connectivity index (χ3n) is 4.91. The number of nitrogens with one attached hydrogen (secondary N) is 2. The van der Waals surface area contributed by atoms with Gasteiger partial charge < -0.3 is 10.1 Å². The summed E-state index contributed by atoms with van der Waals surface area (Å²) in [6.45, 7) is 5.57. The lowest BCUT2D eigenvalue weighted by Gasteiger charge is -2.17. The molecule has 0 spiro atoms. The van der Waals surface area contributed by atoms with Gasteiger partial charge in [-0.2, -0.15) is 0 Å². The molecule has 0 aliphatic heterocycles. The van der Waals surface area contributed by atoms with Gasteiger partial charge in [-0.3, -0.25) is 9.52 Å². The predicted molar refractivity (Wildman–Crippen MR) is 128 cm³/mol. The van der Waals surface area contributed by atoms with E-state index < -0.39 is 16.1 Å². The summed E-state index contributed by atoms with van der Waals surface area (Å²) in [6.07, 6.45) is -0.191. The van der Waals surface area contributed by atoms with E-state index in [2.05, 4.69) is 10.0 Å². The molecule has 32 heavy (non-hydrogen) atoms. The number of anilines is 2. The van der Waals surface area contributed by atoms with Crippen molar-refractivity contribution in [3.63, 3.8) is 0 Å². The minimum atomic E-state index is -3.81. The Kier molecular flexibility index (Phi) is 7.43. The van der Waals surface area contributed by atoms with Crippen LogP contribution >= 0.6 is 11.6 Å². The maximum Gasteiger partial charge on any atom is 0.265 e. The van der Waals surface area contributed by atoms with Crippen LogP contribution in [0.2, 0.25) is 5.02 Å². The van der Waals surface area contributed by atoms with Crippen molar-refractivity contribution in [1.82, 2.24) is 0 Å². The minimum absolute atomic E-state index is 0.0674. The van der Waals surface area contributed by atoms with Gasteiger partial charge in [-0.25, -0.2) is 8.42 Å². The smallest absolute Gasteiger partial charge is 0.265 e. The van der Waals surface area contributed by atoms with Crippen LogP contribution in [0.25, 0.3) is 0 Å². The van der Waals surface area contributed by atoms with Gasteiger partial charge in [0, 0.05) is 10.7 Å². The lowest BCUT2D eigenvalue weighted by atomic mass is 10.2. The Morgan fingerprint density at radius 3 is 2.28 bits per heavy atom. The number of carbonyl (C=O) groups excluding carboxylic acids is 1. The fourth-order valence-corrected chi connectivity index (χ4v) is 4.26. The Hall–Kier alpha value is -3.03. The van der Waals surface area contributed by atoms with Gasteiger partial charge in [-0.1, -0.05) is 42.3 Å². The van der Waals surface area contributed by atoms with Crippen molar-refractivity contribution >= 4 is 38.9 Å².